The quantitative estimate of drug-likeness (QED) is 0.828. The summed E-state index contributed by atoms with van der Waals surface area (Å²) in [5.41, 5.74) is 5.80. The van der Waals surface area contributed by atoms with Gasteiger partial charge in [-0.3, -0.25) is 0 Å². The van der Waals surface area contributed by atoms with Crippen molar-refractivity contribution in [2.75, 3.05) is 55.4 Å². The summed E-state index contributed by atoms with van der Waals surface area (Å²) in [4.78, 5) is 17.2. The van der Waals surface area contributed by atoms with Crippen LogP contribution in [0.1, 0.15) is 12.8 Å². The van der Waals surface area contributed by atoms with Crippen LogP contribution in [0, 0.1) is 5.92 Å². The summed E-state index contributed by atoms with van der Waals surface area (Å²) in [6.45, 7) is 4.01. The van der Waals surface area contributed by atoms with Gasteiger partial charge in [0.2, 0.25) is 17.8 Å². The number of nitrogens with two attached hydrogens (primary N) is 1. The highest BCUT2D eigenvalue weighted by molar-refractivity contribution is 5.43. The monoisotopic (exact) mass is 264 g/mol. The molecule has 0 spiro atoms. The summed E-state index contributed by atoms with van der Waals surface area (Å²) < 4.78 is 5.34. The Hall–Kier alpha value is -1.63. The Morgan fingerprint density at radius 2 is 2.00 bits per heavy atom. The molecule has 7 heteroatoms. The van der Waals surface area contributed by atoms with Gasteiger partial charge >= 0.3 is 0 Å². The molecule has 7 nitrogen and oxygen atoms in total. The van der Waals surface area contributed by atoms with Gasteiger partial charge in [-0.25, -0.2) is 0 Å². The predicted octanol–water partition coefficient (Wildman–Crippen LogP) is 0.137. The van der Waals surface area contributed by atoms with E-state index in [1.54, 1.807) is 0 Å². The average molecular weight is 264 g/mol. The van der Waals surface area contributed by atoms with Crippen molar-refractivity contribution in [1.82, 2.24) is 15.0 Å². The third kappa shape index (κ3) is 3.04. The zero-order chi connectivity index (χ0) is 13.2. The number of nitrogen functional groups attached to an aromatic ring is 1. The third-order valence-electron chi connectivity index (χ3n) is 3.49. The molecule has 2 heterocycles. The second-order valence-electron chi connectivity index (χ2n) is 5.22. The Balaban J connectivity index is 1.77. The molecule has 0 aromatic carbocycles. The number of morpholine rings is 1. The SMILES string of the molecule is CN(CC1CC1)c1nc(N)nc(N2CCOCC2)n1. The Kier molecular flexibility index (Phi) is 3.37. The highest BCUT2D eigenvalue weighted by atomic mass is 16.5. The molecule has 0 unspecified atom stereocenters. The van der Waals surface area contributed by atoms with E-state index in [9.17, 15) is 0 Å². The molecule has 1 saturated carbocycles. The molecule has 3 rings (SSSR count). The molecule has 0 amide bonds. The number of ether oxygens (including phenoxy) is 1. The standard InChI is InChI=1S/C12H20N6O/c1-17(8-9-2-3-9)11-14-10(13)15-12(16-11)18-4-6-19-7-5-18/h9H,2-8H2,1H3,(H2,13,14,15,16). The van der Waals surface area contributed by atoms with Crippen molar-refractivity contribution in [2.45, 2.75) is 12.8 Å². The van der Waals surface area contributed by atoms with Crippen molar-refractivity contribution in [2.24, 2.45) is 5.92 Å². The molecule has 1 aromatic heterocycles. The molecule has 0 atom stereocenters. The maximum atomic E-state index is 5.80. The fraction of sp³-hybridized carbons (Fsp3) is 0.750. The topological polar surface area (TPSA) is 80.4 Å². The molecule has 2 fully saturated rings. The first-order chi connectivity index (χ1) is 9.22. The lowest BCUT2D eigenvalue weighted by Crippen LogP contribution is -2.38. The highest BCUT2D eigenvalue weighted by Gasteiger charge is 2.24. The number of nitrogens with zero attached hydrogens (tertiary/aromatic N) is 5. The van der Waals surface area contributed by atoms with Gasteiger partial charge < -0.3 is 20.3 Å². The molecule has 1 aliphatic carbocycles. The van der Waals surface area contributed by atoms with Crippen LogP contribution in [0.15, 0.2) is 0 Å². The van der Waals surface area contributed by atoms with Crippen LogP contribution in [-0.2, 0) is 4.74 Å². The maximum Gasteiger partial charge on any atom is 0.232 e. The normalized spacial score (nSPS) is 19.5. The van der Waals surface area contributed by atoms with Gasteiger partial charge in [0.05, 0.1) is 13.2 Å². The van der Waals surface area contributed by atoms with Crippen LogP contribution in [0.4, 0.5) is 17.8 Å². The number of hydrogen-bond donors (Lipinski definition) is 1. The second-order valence-corrected chi connectivity index (χ2v) is 5.22. The molecular weight excluding hydrogens is 244 g/mol. The van der Waals surface area contributed by atoms with Crippen molar-refractivity contribution in [3.05, 3.63) is 0 Å². The van der Waals surface area contributed by atoms with E-state index >= 15 is 0 Å². The first-order valence-corrected chi connectivity index (χ1v) is 6.78. The van der Waals surface area contributed by atoms with E-state index in [4.69, 9.17) is 10.5 Å². The van der Waals surface area contributed by atoms with E-state index in [2.05, 4.69) is 24.8 Å². The van der Waals surface area contributed by atoms with Crippen LogP contribution in [0.2, 0.25) is 0 Å². The fourth-order valence-corrected chi connectivity index (χ4v) is 2.21. The minimum Gasteiger partial charge on any atom is -0.378 e. The molecule has 1 aromatic rings. The second kappa shape index (κ2) is 5.16. The highest BCUT2D eigenvalue weighted by Crippen LogP contribution is 2.30. The zero-order valence-corrected chi connectivity index (χ0v) is 11.2. The zero-order valence-electron chi connectivity index (χ0n) is 11.2. The number of rotatable bonds is 4. The van der Waals surface area contributed by atoms with Crippen LogP contribution in [0.25, 0.3) is 0 Å². The largest absolute Gasteiger partial charge is 0.378 e. The van der Waals surface area contributed by atoms with Gasteiger partial charge in [0.1, 0.15) is 0 Å². The molecule has 104 valence electrons. The molecule has 2 N–H and O–H groups in total. The Morgan fingerprint density at radius 3 is 2.68 bits per heavy atom. The first kappa shape index (κ1) is 12.4. The number of aromatic nitrogens is 3. The van der Waals surface area contributed by atoms with Gasteiger partial charge in [0, 0.05) is 26.7 Å². The van der Waals surface area contributed by atoms with E-state index in [1.165, 1.54) is 12.8 Å². The Morgan fingerprint density at radius 1 is 1.26 bits per heavy atom. The van der Waals surface area contributed by atoms with Crippen LogP contribution >= 0.6 is 0 Å². The molecule has 19 heavy (non-hydrogen) atoms. The molecule has 0 bridgehead atoms. The van der Waals surface area contributed by atoms with E-state index in [0.29, 0.717) is 25.1 Å². The Bertz CT molecular complexity index is 444. The Labute approximate surface area is 112 Å². The van der Waals surface area contributed by atoms with Crippen LogP contribution < -0.4 is 15.5 Å². The lowest BCUT2D eigenvalue weighted by atomic mass is 10.4. The average Bonchev–Trinajstić information content (AvgIpc) is 3.23. The van der Waals surface area contributed by atoms with E-state index < -0.39 is 0 Å². The summed E-state index contributed by atoms with van der Waals surface area (Å²) in [7, 11) is 2.01. The summed E-state index contributed by atoms with van der Waals surface area (Å²) in [6.07, 6.45) is 2.61. The first-order valence-electron chi connectivity index (χ1n) is 6.78. The summed E-state index contributed by atoms with van der Waals surface area (Å²) in [6, 6.07) is 0. The summed E-state index contributed by atoms with van der Waals surface area (Å²) in [5, 5.41) is 0. The van der Waals surface area contributed by atoms with E-state index in [1.807, 2.05) is 7.05 Å². The summed E-state index contributed by atoms with van der Waals surface area (Å²) >= 11 is 0. The molecule has 1 saturated heterocycles. The molecule has 1 aliphatic heterocycles. The van der Waals surface area contributed by atoms with Crippen LogP contribution in [0.3, 0.4) is 0 Å². The molecule has 2 aliphatic rings. The van der Waals surface area contributed by atoms with E-state index in [0.717, 1.165) is 25.6 Å². The van der Waals surface area contributed by atoms with Gasteiger partial charge in [-0.05, 0) is 18.8 Å². The minimum atomic E-state index is 0.286. The van der Waals surface area contributed by atoms with Crippen molar-refractivity contribution in [3.63, 3.8) is 0 Å². The maximum absolute atomic E-state index is 5.80. The van der Waals surface area contributed by atoms with Gasteiger partial charge in [0.15, 0.2) is 0 Å². The van der Waals surface area contributed by atoms with Gasteiger partial charge in [-0.1, -0.05) is 0 Å². The predicted molar refractivity (Wildman–Crippen MR) is 73.3 cm³/mol. The minimum absolute atomic E-state index is 0.286. The van der Waals surface area contributed by atoms with Crippen molar-refractivity contribution in [3.8, 4) is 0 Å². The fourth-order valence-electron chi connectivity index (χ4n) is 2.21. The molecule has 0 radical (unpaired) electrons. The van der Waals surface area contributed by atoms with Crippen LogP contribution in [-0.4, -0.2) is 54.8 Å². The van der Waals surface area contributed by atoms with Crippen molar-refractivity contribution < 1.29 is 4.74 Å². The van der Waals surface area contributed by atoms with Crippen molar-refractivity contribution in [1.29, 1.82) is 0 Å². The van der Waals surface area contributed by atoms with Gasteiger partial charge in [0.25, 0.3) is 0 Å². The lowest BCUT2D eigenvalue weighted by molar-refractivity contribution is 0.122. The lowest BCUT2D eigenvalue weighted by Gasteiger charge is -2.27. The third-order valence-corrected chi connectivity index (χ3v) is 3.49. The van der Waals surface area contributed by atoms with Gasteiger partial charge in [-0.2, -0.15) is 15.0 Å². The van der Waals surface area contributed by atoms with Gasteiger partial charge in [-0.15, -0.1) is 0 Å². The van der Waals surface area contributed by atoms with Crippen molar-refractivity contribution >= 4 is 17.8 Å². The van der Waals surface area contributed by atoms with Crippen LogP contribution in [0.5, 0.6) is 0 Å². The number of hydrogen-bond acceptors (Lipinski definition) is 7. The smallest absolute Gasteiger partial charge is 0.232 e. The molecular formula is C12H20N6O. The summed E-state index contributed by atoms with van der Waals surface area (Å²) in [5.74, 6) is 2.40. The number of anilines is 3. The van der Waals surface area contributed by atoms with E-state index in [-0.39, 0.29) is 5.95 Å².